The third-order valence-corrected chi connectivity index (χ3v) is 6.50. The fourth-order valence-corrected chi connectivity index (χ4v) is 4.55. The molecule has 26 heavy (non-hydrogen) atoms. The Kier molecular flexibility index (Phi) is 6.22. The van der Waals surface area contributed by atoms with Crippen molar-refractivity contribution in [1.82, 2.24) is 9.21 Å². The van der Waals surface area contributed by atoms with E-state index in [1.165, 1.54) is 4.31 Å². The van der Waals surface area contributed by atoms with Crippen LogP contribution in [0.2, 0.25) is 0 Å². The van der Waals surface area contributed by atoms with Crippen LogP contribution in [-0.4, -0.2) is 63.6 Å². The highest BCUT2D eigenvalue weighted by Gasteiger charge is 2.25. The summed E-state index contributed by atoms with van der Waals surface area (Å²) in [6.07, 6.45) is 0.177. The van der Waals surface area contributed by atoms with Crippen LogP contribution in [-0.2, 0) is 14.8 Å². The Bertz CT molecular complexity index is 886. The quantitative estimate of drug-likeness (QED) is 0.743. The summed E-state index contributed by atoms with van der Waals surface area (Å²) in [4.78, 5) is 2.47. The molecule has 0 N–H and O–H groups in total. The zero-order chi connectivity index (χ0) is 18.4. The highest BCUT2D eigenvalue weighted by molar-refractivity contribution is 7.89. The monoisotopic (exact) mass is 373 g/mol. The Balaban J connectivity index is 1.81. The third-order valence-electron chi connectivity index (χ3n) is 4.60. The Hall–Kier alpha value is -1.98. The maximum absolute atomic E-state index is 13.1. The molecule has 1 aliphatic rings. The summed E-state index contributed by atoms with van der Waals surface area (Å²) >= 11 is 0. The average molecular weight is 373 g/mol. The van der Waals surface area contributed by atoms with Crippen LogP contribution in [0.5, 0.6) is 0 Å². The highest BCUT2D eigenvalue weighted by Crippen LogP contribution is 2.22. The van der Waals surface area contributed by atoms with Crippen molar-refractivity contribution in [1.29, 1.82) is 5.26 Å². The molecule has 0 atom stereocenters. The minimum absolute atomic E-state index is 0.177. The van der Waals surface area contributed by atoms with Crippen molar-refractivity contribution in [2.45, 2.75) is 11.3 Å². The Morgan fingerprint density at radius 1 is 1.08 bits per heavy atom. The van der Waals surface area contributed by atoms with Gasteiger partial charge in [-0.2, -0.15) is 9.57 Å². The van der Waals surface area contributed by atoms with E-state index in [0.29, 0.717) is 26.3 Å². The van der Waals surface area contributed by atoms with Gasteiger partial charge in [0.05, 0.1) is 24.2 Å². The second kappa shape index (κ2) is 8.60. The number of fused-ring (bicyclic) bond motifs is 1. The number of morpholine rings is 1. The van der Waals surface area contributed by atoms with Gasteiger partial charge < -0.3 is 4.74 Å². The van der Waals surface area contributed by atoms with E-state index in [0.717, 1.165) is 23.9 Å². The Morgan fingerprint density at radius 2 is 1.81 bits per heavy atom. The summed E-state index contributed by atoms with van der Waals surface area (Å²) in [6.45, 7) is 4.18. The van der Waals surface area contributed by atoms with Crippen LogP contribution in [0.15, 0.2) is 47.4 Å². The van der Waals surface area contributed by atoms with Gasteiger partial charge in [0.15, 0.2) is 0 Å². The highest BCUT2D eigenvalue weighted by atomic mass is 32.2. The van der Waals surface area contributed by atoms with Gasteiger partial charge >= 0.3 is 0 Å². The average Bonchev–Trinajstić information content (AvgIpc) is 2.68. The van der Waals surface area contributed by atoms with Gasteiger partial charge in [0.2, 0.25) is 10.0 Å². The molecule has 0 saturated carbocycles. The Morgan fingerprint density at radius 3 is 2.54 bits per heavy atom. The number of nitrogens with zero attached hydrogens (tertiary/aromatic N) is 3. The van der Waals surface area contributed by atoms with Gasteiger partial charge in [0.1, 0.15) is 0 Å². The van der Waals surface area contributed by atoms with Crippen LogP contribution in [0.3, 0.4) is 0 Å². The second-order valence-electron chi connectivity index (χ2n) is 6.28. The molecular formula is C19H23N3O3S. The van der Waals surface area contributed by atoms with Crippen LogP contribution >= 0.6 is 0 Å². The molecule has 0 spiro atoms. The molecule has 2 aromatic carbocycles. The van der Waals surface area contributed by atoms with E-state index in [2.05, 4.69) is 4.90 Å². The summed E-state index contributed by atoms with van der Waals surface area (Å²) in [5.41, 5.74) is 0. The normalized spacial score (nSPS) is 16.0. The molecule has 0 aromatic heterocycles. The molecule has 0 radical (unpaired) electrons. The smallest absolute Gasteiger partial charge is 0.243 e. The molecule has 1 aliphatic heterocycles. The van der Waals surface area contributed by atoms with Gasteiger partial charge in [-0.3, -0.25) is 4.90 Å². The van der Waals surface area contributed by atoms with Gasteiger partial charge in [0.25, 0.3) is 0 Å². The summed E-state index contributed by atoms with van der Waals surface area (Å²) < 4.78 is 33.0. The first-order valence-electron chi connectivity index (χ1n) is 8.77. The number of hydrogen-bond donors (Lipinski definition) is 0. The summed E-state index contributed by atoms with van der Waals surface area (Å²) in [5.74, 6) is 0. The van der Waals surface area contributed by atoms with Crippen molar-refractivity contribution in [2.24, 2.45) is 0 Å². The van der Waals surface area contributed by atoms with E-state index in [9.17, 15) is 8.42 Å². The van der Waals surface area contributed by atoms with Crippen LogP contribution in [0, 0.1) is 11.3 Å². The SMILES string of the molecule is N#CCCN(CCN1CCOCC1)S(=O)(=O)c1ccc2ccccc2c1. The molecule has 6 nitrogen and oxygen atoms in total. The van der Waals surface area contributed by atoms with Crippen LogP contribution in [0.1, 0.15) is 6.42 Å². The molecular weight excluding hydrogens is 350 g/mol. The fraction of sp³-hybridized carbons (Fsp3) is 0.421. The minimum atomic E-state index is -3.64. The molecule has 3 rings (SSSR count). The molecule has 0 unspecified atom stereocenters. The molecule has 0 amide bonds. The van der Waals surface area contributed by atoms with Crippen molar-refractivity contribution in [3.05, 3.63) is 42.5 Å². The lowest BCUT2D eigenvalue weighted by atomic mass is 10.1. The minimum Gasteiger partial charge on any atom is -0.379 e. The van der Waals surface area contributed by atoms with Crippen molar-refractivity contribution in [3.8, 4) is 6.07 Å². The predicted molar refractivity (Wildman–Crippen MR) is 100 cm³/mol. The third kappa shape index (κ3) is 4.40. The van der Waals surface area contributed by atoms with E-state index >= 15 is 0 Å². The molecule has 1 saturated heterocycles. The van der Waals surface area contributed by atoms with E-state index < -0.39 is 10.0 Å². The molecule has 0 aliphatic carbocycles. The summed E-state index contributed by atoms with van der Waals surface area (Å²) in [7, 11) is -3.64. The van der Waals surface area contributed by atoms with Crippen molar-refractivity contribution in [3.63, 3.8) is 0 Å². The summed E-state index contributed by atoms with van der Waals surface area (Å²) in [5, 5.41) is 10.8. The van der Waals surface area contributed by atoms with Gasteiger partial charge in [-0.15, -0.1) is 0 Å². The second-order valence-corrected chi connectivity index (χ2v) is 8.21. The Labute approximate surface area is 154 Å². The largest absolute Gasteiger partial charge is 0.379 e. The van der Waals surface area contributed by atoms with E-state index in [-0.39, 0.29) is 17.9 Å². The van der Waals surface area contributed by atoms with E-state index in [1.807, 2.05) is 36.4 Å². The first kappa shape index (κ1) is 18.8. The lowest BCUT2D eigenvalue weighted by Crippen LogP contribution is -2.43. The van der Waals surface area contributed by atoms with Gasteiger partial charge in [-0.1, -0.05) is 30.3 Å². The maximum atomic E-state index is 13.1. The molecule has 7 heteroatoms. The maximum Gasteiger partial charge on any atom is 0.243 e. The molecule has 138 valence electrons. The number of rotatable bonds is 7. The zero-order valence-corrected chi connectivity index (χ0v) is 15.5. The topological polar surface area (TPSA) is 73.6 Å². The first-order valence-corrected chi connectivity index (χ1v) is 10.2. The summed E-state index contributed by atoms with van der Waals surface area (Å²) in [6, 6.07) is 14.9. The lowest BCUT2D eigenvalue weighted by molar-refractivity contribution is 0.0363. The molecule has 2 aromatic rings. The van der Waals surface area contributed by atoms with Crippen LogP contribution < -0.4 is 0 Å². The molecule has 1 heterocycles. The van der Waals surface area contributed by atoms with Crippen LogP contribution in [0.25, 0.3) is 10.8 Å². The number of nitriles is 1. The molecule has 1 fully saturated rings. The van der Waals surface area contributed by atoms with Gasteiger partial charge in [-0.05, 0) is 22.9 Å². The van der Waals surface area contributed by atoms with Crippen molar-refractivity contribution in [2.75, 3.05) is 45.9 Å². The zero-order valence-electron chi connectivity index (χ0n) is 14.7. The number of ether oxygens (including phenoxy) is 1. The number of hydrogen-bond acceptors (Lipinski definition) is 5. The van der Waals surface area contributed by atoms with Crippen LogP contribution in [0.4, 0.5) is 0 Å². The van der Waals surface area contributed by atoms with Crippen molar-refractivity contribution >= 4 is 20.8 Å². The molecule has 0 bridgehead atoms. The lowest BCUT2D eigenvalue weighted by Gasteiger charge is -2.29. The standard InChI is InChI=1S/C19H23N3O3S/c20-8-3-9-22(11-10-21-12-14-25-15-13-21)26(23,24)19-7-6-17-4-1-2-5-18(17)16-19/h1-2,4-7,16H,3,9-15H2. The number of benzene rings is 2. The van der Waals surface area contributed by atoms with Crippen molar-refractivity contribution < 1.29 is 13.2 Å². The number of sulfonamides is 1. The van der Waals surface area contributed by atoms with Gasteiger partial charge in [-0.25, -0.2) is 8.42 Å². The van der Waals surface area contributed by atoms with Gasteiger partial charge in [0, 0.05) is 39.1 Å². The van der Waals surface area contributed by atoms with E-state index in [4.69, 9.17) is 10.00 Å². The first-order chi connectivity index (χ1) is 12.6. The van der Waals surface area contributed by atoms with E-state index in [1.54, 1.807) is 12.1 Å². The predicted octanol–water partition coefficient (Wildman–Crippen LogP) is 2.08. The fourth-order valence-electron chi connectivity index (χ4n) is 3.08.